The number of terminal acetylenes is 1. The Balaban J connectivity index is -0.0000000649. The van der Waals surface area contributed by atoms with Crippen LogP contribution in [-0.2, 0) is 9.53 Å². The summed E-state index contributed by atoms with van der Waals surface area (Å²) in [6.07, 6.45) is 31.6. The molecule has 2 fully saturated rings. The van der Waals surface area contributed by atoms with E-state index in [1.54, 1.807) is 6.92 Å². The van der Waals surface area contributed by atoms with E-state index in [0.717, 1.165) is 101 Å². The Kier molecular flexibility index (Phi) is 123. The molecular weight excluding hydrogens is 865 g/mol. The summed E-state index contributed by atoms with van der Waals surface area (Å²) in [4.78, 5) is 15.3. The van der Waals surface area contributed by atoms with Crippen molar-refractivity contribution in [3.05, 3.63) is 0 Å². The molecule has 70 heavy (non-hydrogen) atoms. The largest absolute Gasteiger partial charge is 0.400 e. The number of unbranched alkanes of at least 4 members (excludes halogenated alkanes) is 6. The predicted molar refractivity (Wildman–Crippen MR) is 326 cm³/mol. The smallest absolute Gasteiger partial charge is 0.122 e. The van der Waals surface area contributed by atoms with E-state index in [1.807, 2.05) is 76.2 Å². The van der Waals surface area contributed by atoms with Gasteiger partial charge in [0, 0.05) is 45.4 Å². The highest BCUT2D eigenvalue weighted by Crippen LogP contribution is 2.30. The van der Waals surface area contributed by atoms with Gasteiger partial charge in [-0.1, -0.05) is 216 Å². The van der Waals surface area contributed by atoms with E-state index < -0.39 is 0 Å². The van der Waals surface area contributed by atoms with E-state index in [9.17, 15) is 4.79 Å². The van der Waals surface area contributed by atoms with Gasteiger partial charge in [-0.15, -0.1) is 12.3 Å². The van der Waals surface area contributed by atoms with Crippen LogP contribution in [0.5, 0.6) is 0 Å². The second-order valence-corrected chi connectivity index (χ2v) is 18.0. The highest BCUT2D eigenvalue weighted by molar-refractivity contribution is 5.52. The number of carbonyl (C=O) groups is 1. The first-order chi connectivity index (χ1) is 33.6. The van der Waals surface area contributed by atoms with Crippen molar-refractivity contribution in [2.75, 3.05) is 55.1 Å². The fourth-order valence-corrected chi connectivity index (χ4v) is 7.14. The molecule has 436 valence electrons. The third kappa shape index (κ3) is 89.8. The average molecular weight is 1010 g/mol. The summed E-state index contributed by atoms with van der Waals surface area (Å²) < 4.78 is 5.55. The van der Waals surface area contributed by atoms with Crippen molar-refractivity contribution in [3.8, 4) is 12.3 Å². The fraction of sp³-hybridized carbons (Fsp3) is 0.952. The van der Waals surface area contributed by atoms with Crippen molar-refractivity contribution < 1.29 is 24.9 Å². The van der Waals surface area contributed by atoms with Gasteiger partial charge < -0.3 is 34.7 Å². The molecule has 0 saturated heterocycles. The van der Waals surface area contributed by atoms with Gasteiger partial charge in [0.25, 0.3) is 0 Å². The van der Waals surface area contributed by atoms with Gasteiger partial charge in [-0.2, -0.15) is 0 Å². The number of aliphatic hydroxyl groups excluding tert-OH is 3. The third-order valence-electron chi connectivity index (χ3n) is 11.8. The van der Waals surface area contributed by atoms with Crippen LogP contribution in [-0.4, -0.2) is 105 Å². The average Bonchev–Trinajstić information content (AvgIpc) is 4.20. The maximum absolute atomic E-state index is 10.4. The van der Waals surface area contributed by atoms with Crippen LogP contribution in [0, 0.1) is 47.9 Å². The highest BCUT2D eigenvalue weighted by atomic mass is 16.5. The standard InChI is InChI=1S/C12H27N.C11H24O2.C11H22O.C10H21N.C4H8.C3H4.5C2H6.2CH4O/c1-6-9-10-13(5)11(4)12(7-2)8-3;1-3-11(2)13-10-8-6-4-5-7-9-12;1-4-6-7-11(5-2)8-10(3)9-12;1-8-5-9(2)7-10(6-8)11(3)4;1-4-2-3-4;1-3-2;7*1-2/h11-12H,6-10H2,1-5H3;11-12H,3-10H2,1-2H3;9-11H,4-8H2,1-3H3;8-10H,5-7H2,1-4H3;4H,2-3H2,1H3;1H,2H3;5*1-2H3;2*2H,1H3. The normalized spacial score (nSPS) is 16.2. The molecule has 0 bridgehead atoms. The van der Waals surface area contributed by atoms with Crippen LogP contribution in [0.25, 0.3) is 0 Å². The Morgan fingerprint density at radius 3 is 1.34 bits per heavy atom. The zero-order chi connectivity index (χ0) is 57.7. The molecule has 0 spiro atoms. The van der Waals surface area contributed by atoms with Gasteiger partial charge in [0.2, 0.25) is 0 Å². The van der Waals surface area contributed by atoms with E-state index in [0.29, 0.717) is 12.7 Å². The lowest BCUT2D eigenvalue weighted by Gasteiger charge is -2.35. The Hall–Kier alpha value is -1.01. The molecule has 2 aliphatic carbocycles. The summed E-state index contributed by atoms with van der Waals surface area (Å²) >= 11 is 0. The van der Waals surface area contributed by atoms with Gasteiger partial charge in [-0.3, -0.25) is 0 Å². The molecule has 0 aromatic heterocycles. The first-order valence-corrected chi connectivity index (χ1v) is 29.9. The first kappa shape index (κ1) is 94.8. The summed E-state index contributed by atoms with van der Waals surface area (Å²) in [6.45, 7) is 51.1. The Labute approximate surface area is 448 Å². The molecule has 0 amide bonds. The van der Waals surface area contributed by atoms with Crippen LogP contribution in [0.1, 0.15) is 288 Å². The van der Waals surface area contributed by atoms with Crippen LogP contribution >= 0.6 is 0 Å². The topological polar surface area (TPSA) is 93.5 Å². The number of carbonyl (C=O) groups excluding carboxylic acids is 1. The number of nitrogens with zero attached hydrogens (tertiary/aromatic N) is 2. The van der Waals surface area contributed by atoms with Crippen molar-refractivity contribution in [2.45, 2.75) is 306 Å². The summed E-state index contributed by atoms with van der Waals surface area (Å²) in [7, 11) is 8.67. The second-order valence-electron chi connectivity index (χ2n) is 18.0. The minimum Gasteiger partial charge on any atom is -0.400 e. The van der Waals surface area contributed by atoms with Crippen LogP contribution in [0.4, 0.5) is 0 Å². The maximum atomic E-state index is 10.4. The SMILES string of the molecule is C#CC.CC.CC.CC.CC.CC.CC1CC(C)CC(N(C)C)C1.CC1CC1.CCC(C)OCCCCCCCO.CCCCC(CC)CC(C)C=O.CCCCN(C)C(C)C(CC)CC.CO.CO. The van der Waals surface area contributed by atoms with E-state index in [1.165, 1.54) is 103 Å². The Morgan fingerprint density at radius 1 is 0.629 bits per heavy atom. The van der Waals surface area contributed by atoms with Crippen LogP contribution in [0.2, 0.25) is 0 Å². The maximum Gasteiger partial charge on any atom is 0.122 e. The van der Waals surface area contributed by atoms with E-state index >= 15 is 0 Å². The van der Waals surface area contributed by atoms with Gasteiger partial charge in [-0.25, -0.2) is 0 Å². The minimum absolute atomic E-state index is 0.256. The Bertz CT molecular complexity index is 805. The van der Waals surface area contributed by atoms with Crippen molar-refractivity contribution in [2.24, 2.45) is 35.5 Å². The molecule has 0 radical (unpaired) electrons. The molecular formula is C63H144N2O5. The van der Waals surface area contributed by atoms with Gasteiger partial charge in [0.05, 0.1) is 6.10 Å². The molecule has 0 aromatic carbocycles. The molecule has 3 N–H and O–H groups in total. The highest BCUT2D eigenvalue weighted by Gasteiger charge is 2.24. The number of aliphatic hydroxyl groups is 3. The van der Waals surface area contributed by atoms with E-state index in [2.05, 4.69) is 119 Å². The van der Waals surface area contributed by atoms with Crippen molar-refractivity contribution in [3.63, 3.8) is 0 Å². The summed E-state index contributed by atoms with van der Waals surface area (Å²) in [6, 6.07) is 1.59. The quantitative estimate of drug-likeness (QED) is 0.0504. The van der Waals surface area contributed by atoms with Crippen LogP contribution < -0.4 is 0 Å². The molecule has 0 aliphatic heterocycles. The zero-order valence-corrected chi connectivity index (χ0v) is 54.2. The van der Waals surface area contributed by atoms with Gasteiger partial charge in [-0.05, 0) is 129 Å². The van der Waals surface area contributed by atoms with Crippen molar-refractivity contribution in [1.82, 2.24) is 9.80 Å². The third-order valence-corrected chi connectivity index (χ3v) is 11.8. The van der Waals surface area contributed by atoms with Crippen LogP contribution in [0.15, 0.2) is 0 Å². The number of ether oxygens (including phenoxy) is 1. The number of aldehydes is 1. The van der Waals surface area contributed by atoms with Crippen molar-refractivity contribution >= 4 is 6.29 Å². The lowest BCUT2D eigenvalue weighted by Crippen LogP contribution is -2.35. The summed E-state index contributed by atoms with van der Waals surface area (Å²) in [5.74, 6) is 7.11. The molecule has 6 unspecified atom stereocenters. The molecule has 6 atom stereocenters. The van der Waals surface area contributed by atoms with E-state index in [-0.39, 0.29) is 5.92 Å². The molecule has 2 saturated carbocycles. The number of rotatable bonds is 24. The molecule has 0 aromatic rings. The van der Waals surface area contributed by atoms with Gasteiger partial charge in [0.15, 0.2) is 0 Å². The van der Waals surface area contributed by atoms with Crippen molar-refractivity contribution in [1.29, 1.82) is 0 Å². The molecule has 7 heteroatoms. The predicted octanol–water partition coefficient (Wildman–Crippen LogP) is 18.5. The monoisotopic (exact) mass is 1010 g/mol. The lowest BCUT2D eigenvalue weighted by atomic mass is 9.80. The lowest BCUT2D eigenvalue weighted by molar-refractivity contribution is -0.111. The number of hydrogen-bond donors (Lipinski definition) is 3. The van der Waals surface area contributed by atoms with Crippen LogP contribution in [0.3, 0.4) is 0 Å². The van der Waals surface area contributed by atoms with E-state index in [4.69, 9.17) is 20.1 Å². The Morgan fingerprint density at radius 2 is 1.03 bits per heavy atom. The molecule has 2 aliphatic rings. The molecule has 7 nitrogen and oxygen atoms in total. The fourth-order valence-electron chi connectivity index (χ4n) is 7.14. The molecule has 0 heterocycles. The first-order valence-electron chi connectivity index (χ1n) is 29.9. The van der Waals surface area contributed by atoms with Gasteiger partial charge in [0.1, 0.15) is 6.29 Å². The minimum atomic E-state index is 0.256. The zero-order valence-electron chi connectivity index (χ0n) is 54.2. The number of hydrogen-bond acceptors (Lipinski definition) is 7. The van der Waals surface area contributed by atoms with Gasteiger partial charge >= 0.3 is 0 Å². The summed E-state index contributed by atoms with van der Waals surface area (Å²) in [5, 5.41) is 22.5. The summed E-state index contributed by atoms with van der Waals surface area (Å²) in [5.41, 5.74) is 0. The molecule has 2 rings (SSSR count). The second kappa shape index (κ2) is 90.7.